The Morgan fingerprint density at radius 2 is 1.43 bits per heavy atom. The van der Waals surface area contributed by atoms with Gasteiger partial charge in [-0.3, -0.25) is 9.36 Å². The summed E-state index contributed by atoms with van der Waals surface area (Å²) in [7, 11) is -3.49. The van der Waals surface area contributed by atoms with Gasteiger partial charge in [0.25, 0.3) is 13.3 Å². The Morgan fingerprint density at radius 1 is 0.893 bits per heavy atom. The number of benzene rings is 3. The molecule has 0 heterocycles. The summed E-state index contributed by atoms with van der Waals surface area (Å²) >= 11 is 0. The summed E-state index contributed by atoms with van der Waals surface area (Å²) < 4.78 is 19.7. The third kappa shape index (κ3) is 4.66. The van der Waals surface area contributed by atoms with Crippen molar-refractivity contribution in [1.29, 1.82) is 0 Å². The molecule has 28 heavy (non-hydrogen) atoms. The quantitative estimate of drug-likeness (QED) is 0.573. The predicted octanol–water partition coefficient (Wildman–Crippen LogP) is 5.06. The van der Waals surface area contributed by atoms with Crippen LogP contribution in [-0.2, 0) is 9.09 Å². The van der Waals surface area contributed by atoms with E-state index in [-0.39, 0.29) is 18.0 Å². The van der Waals surface area contributed by atoms with Crippen LogP contribution in [0, 0.1) is 0 Å². The predicted molar refractivity (Wildman–Crippen MR) is 114 cm³/mol. The van der Waals surface area contributed by atoms with Crippen molar-refractivity contribution in [2.75, 3.05) is 6.61 Å². The molecule has 5 heteroatoms. The number of carbonyl (C=O) groups excluding carboxylic acids is 1. The van der Waals surface area contributed by atoms with Gasteiger partial charge in [0.05, 0.1) is 6.61 Å². The zero-order valence-electron chi connectivity index (χ0n) is 15.6. The Morgan fingerprint density at radius 3 is 2.00 bits per heavy atom. The zero-order valence-corrected chi connectivity index (χ0v) is 16.5. The summed E-state index contributed by atoms with van der Waals surface area (Å²) in [4.78, 5) is 12.8. The van der Waals surface area contributed by atoms with Crippen molar-refractivity contribution < 1.29 is 13.9 Å². The first-order valence-electron chi connectivity index (χ1n) is 9.07. The summed E-state index contributed by atoms with van der Waals surface area (Å²) in [6.45, 7) is 2.04. The third-order valence-corrected chi connectivity index (χ3v) is 6.58. The lowest BCUT2D eigenvalue weighted by atomic mass is 10.2. The summed E-state index contributed by atoms with van der Waals surface area (Å²) in [5, 5.41) is 3.37. The molecule has 0 bridgehead atoms. The Bertz CT molecular complexity index is 986. The Balaban J connectivity index is 2.08. The largest absolute Gasteiger partial charge is 0.321 e. The summed E-state index contributed by atoms with van der Waals surface area (Å²) in [6.07, 6.45) is 1.71. The fourth-order valence-electron chi connectivity index (χ4n) is 2.77. The third-order valence-electron chi connectivity index (χ3n) is 4.10. The maximum atomic E-state index is 14.0. The number of nitrogens with one attached hydrogen (secondary N) is 1. The zero-order chi connectivity index (χ0) is 19.8. The maximum absolute atomic E-state index is 14.0. The van der Waals surface area contributed by atoms with Gasteiger partial charge >= 0.3 is 0 Å². The number of hydrogen-bond donors (Lipinski definition) is 1. The number of amides is 1. The minimum absolute atomic E-state index is 0.250. The molecular weight excluding hydrogens is 369 g/mol. The molecule has 0 aliphatic heterocycles. The van der Waals surface area contributed by atoms with Gasteiger partial charge in [0, 0.05) is 10.9 Å². The van der Waals surface area contributed by atoms with Crippen molar-refractivity contribution in [1.82, 2.24) is 5.32 Å². The van der Waals surface area contributed by atoms with Crippen molar-refractivity contribution in [3.05, 3.63) is 108 Å². The molecule has 0 spiro atoms. The van der Waals surface area contributed by atoms with Crippen LogP contribution in [-0.4, -0.2) is 12.5 Å². The fourth-order valence-corrected chi connectivity index (χ4v) is 4.83. The standard InChI is InChI=1S/C23H22NO3P/c1-2-27-28(26,21-16-10-5-11-17-21)22(18-19-12-6-3-7-13-19)24-23(25)20-14-8-4-9-15-20/h3-18H,2H2,1H3,(H,24,25)/b22-18+. The second-order valence-corrected chi connectivity index (χ2v) is 8.42. The highest BCUT2D eigenvalue weighted by Crippen LogP contribution is 2.53. The highest BCUT2D eigenvalue weighted by molar-refractivity contribution is 7.71. The van der Waals surface area contributed by atoms with E-state index in [2.05, 4.69) is 5.32 Å². The molecular formula is C23H22NO3P. The first-order valence-corrected chi connectivity index (χ1v) is 10.7. The molecule has 142 valence electrons. The minimum Gasteiger partial charge on any atom is -0.321 e. The van der Waals surface area contributed by atoms with E-state index in [0.29, 0.717) is 10.9 Å². The molecule has 1 N–H and O–H groups in total. The molecule has 1 unspecified atom stereocenters. The van der Waals surface area contributed by atoms with Crippen LogP contribution in [0.3, 0.4) is 0 Å². The van der Waals surface area contributed by atoms with Gasteiger partial charge in [-0.05, 0) is 42.8 Å². The smallest absolute Gasteiger partial charge is 0.277 e. The molecule has 0 saturated heterocycles. The number of rotatable bonds is 7. The lowest BCUT2D eigenvalue weighted by Gasteiger charge is -2.22. The first kappa shape index (κ1) is 19.8. The monoisotopic (exact) mass is 391 g/mol. The molecule has 0 aliphatic carbocycles. The van der Waals surface area contributed by atoms with Crippen LogP contribution in [0.5, 0.6) is 0 Å². The first-order chi connectivity index (χ1) is 13.6. The molecule has 3 rings (SSSR count). The average molecular weight is 391 g/mol. The molecule has 1 atom stereocenters. The van der Waals surface area contributed by atoms with E-state index in [4.69, 9.17) is 4.52 Å². The summed E-state index contributed by atoms with van der Waals surface area (Å²) in [6, 6.07) is 27.2. The highest BCUT2D eigenvalue weighted by Gasteiger charge is 2.32. The molecule has 3 aromatic carbocycles. The van der Waals surface area contributed by atoms with Crippen LogP contribution >= 0.6 is 7.37 Å². The van der Waals surface area contributed by atoms with Crippen LogP contribution < -0.4 is 10.6 Å². The van der Waals surface area contributed by atoms with Crippen LogP contribution in [0.15, 0.2) is 96.4 Å². The van der Waals surface area contributed by atoms with Crippen molar-refractivity contribution in [2.45, 2.75) is 6.92 Å². The molecule has 0 radical (unpaired) electrons. The van der Waals surface area contributed by atoms with Gasteiger partial charge in [0.1, 0.15) is 5.44 Å². The van der Waals surface area contributed by atoms with Gasteiger partial charge in [-0.1, -0.05) is 66.7 Å². The average Bonchev–Trinajstić information content (AvgIpc) is 2.75. The molecule has 4 nitrogen and oxygen atoms in total. The summed E-state index contributed by atoms with van der Waals surface area (Å²) in [5.41, 5.74) is 1.56. The second kappa shape index (κ2) is 9.32. The van der Waals surface area contributed by atoms with Gasteiger partial charge in [0.2, 0.25) is 0 Å². The highest BCUT2D eigenvalue weighted by atomic mass is 31.2. The molecule has 0 aromatic heterocycles. The Kier molecular flexibility index (Phi) is 6.59. The number of carbonyl (C=O) groups is 1. The van der Waals surface area contributed by atoms with E-state index in [1.165, 1.54) is 0 Å². The van der Waals surface area contributed by atoms with E-state index < -0.39 is 7.37 Å². The summed E-state index contributed by atoms with van der Waals surface area (Å²) in [5.74, 6) is -0.335. The number of hydrogen-bond acceptors (Lipinski definition) is 3. The van der Waals surface area contributed by atoms with Gasteiger partial charge in [-0.2, -0.15) is 0 Å². The van der Waals surface area contributed by atoms with E-state index >= 15 is 0 Å². The van der Waals surface area contributed by atoms with Gasteiger partial charge in [-0.15, -0.1) is 0 Å². The van der Waals surface area contributed by atoms with Gasteiger partial charge in [0.15, 0.2) is 0 Å². The molecule has 3 aromatic rings. The van der Waals surface area contributed by atoms with Crippen LogP contribution in [0.25, 0.3) is 6.08 Å². The van der Waals surface area contributed by atoms with E-state index in [1.807, 2.05) is 42.5 Å². The topological polar surface area (TPSA) is 55.4 Å². The lowest BCUT2D eigenvalue weighted by molar-refractivity contribution is 0.0967. The minimum atomic E-state index is -3.49. The second-order valence-electron chi connectivity index (χ2n) is 6.07. The van der Waals surface area contributed by atoms with Gasteiger partial charge in [-0.25, -0.2) is 0 Å². The molecule has 0 saturated carbocycles. The normalized spacial score (nSPS) is 13.5. The maximum Gasteiger partial charge on any atom is 0.277 e. The lowest BCUT2D eigenvalue weighted by Crippen LogP contribution is -2.26. The van der Waals surface area contributed by atoms with Crippen molar-refractivity contribution >= 4 is 24.7 Å². The Labute approximate surface area is 165 Å². The van der Waals surface area contributed by atoms with Crippen molar-refractivity contribution in [3.8, 4) is 0 Å². The van der Waals surface area contributed by atoms with Crippen LogP contribution in [0.4, 0.5) is 0 Å². The van der Waals surface area contributed by atoms with Crippen LogP contribution in [0.1, 0.15) is 22.8 Å². The van der Waals surface area contributed by atoms with Crippen molar-refractivity contribution in [2.24, 2.45) is 0 Å². The van der Waals surface area contributed by atoms with Crippen LogP contribution in [0.2, 0.25) is 0 Å². The molecule has 1 amide bonds. The molecule has 0 aliphatic rings. The van der Waals surface area contributed by atoms with Crippen molar-refractivity contribution in [3.63, 3.8) is 0 Å². The van der Waals surface area contributed by atoms with E-state index in [1.54, 1.807) is 61.5 Å². The Hall–Kier alpha value is -2.94. The van der Waals surface area contributed by atoms with E-state index in [9.17, 15) is 9.36 Å². The van der Waals surface area contributed by atoms with E-state index in [0.717, 1.165) is 5.56 Å². The molecule has 0 fully saturated rings. The van der Waals surface area contributed by atoms with Gasteiger partial charge < -0.3 is 9.84 Å². The SMILES string of the molecule is CCOP(=O)(/C(=C/c1ccccc1)NC(=O)c1ccccc1)c1ccccc1. The fraction of sp³-hybridized carbons (Fsp3) is 0.0870.